The van der Waals surface area contributed by atoms with Gasteiger partial charge in [0.15, 0.2) is 0 Å². The van der Waals surface area contributed by atoms with Crippen LogP contribution >= 0.6 is 22.6 Å². The van der Waals surface area contributed by atoms with E-state index in [1.807, 2.05) is 25.1 Å². The molecule has 1 aliphatic heterocycles. The number of halogens is 1. The Kier molecular flexibility index (Phi) is 3.85. The highest BCUT2D eigenvalue weighted by molar-refractivity contribution is 14.1. The van der Waals surface area contributed by atoms with Crippen LogP contribution in [0.15, 0.2) is 18.2 Å². The van der Waals surface area contributed by atoms with Gasteiger partial charge in [-0.3, -0.25) is 9.59 Å². The molecule has 0 aromatic heterocycles. The minimum absolute atomic E-state index is 0.0712. The van der Waals surface area contributed by atoms with Crippen molar-refractivity contribution in [2.24, 2.45) is 5.41 Å². The zero-order valence-corrected chi connectivity index (χ0v) is 13.1. The molecule has 1 aromatic carbocycles. The smallest absolute Gasteiger partial charge is 0.311 e. The van der Waals surface area contributed by atoms with E-state index in [1.54, 1.807) is 11.8 Å². The number of carboxylic acids is 1. The van der Waals surface area contributed by atoms with Crippen molar-refractivity contribution < 1.29 is 14.7 Å². The Morgan fingerprint density at radius 3 is 2.68 bits per heavy atom. The normalized spacial score (nSPS) is 22.6. The molecule has 102 valence electrons. The second-order valence-electron chi connectivity index (χ2n) is 5.33. The highest BCUT2D eigenvalue weighted by atomic mass is 127. The first-order valence-electron chi connectivity index (χ1n) is 6.12. The van der Waals surface area contributed by atoms with Crippen LogP contribution in [0.2, 0.25) is 0 Å². The summed E-state index contributed by atoms with van der Waals surface area (Å²) in [5.41, 5.74) is 0.879. The second-order valence-corrected chi connectivity index (χ2v) is 6.49. The highest BCUT2D eigenvalue weighted by Gasteiger charge is 2.42. The van der Waals surface area contributed by atoms with Crippen molar-refractivity contribution >= 4 is 34.5 Å². The van der Waals surface area contributed by atoms with Crippen LogP contribution in [0, 0.1) is 15.9 Å². The Morgan fingerprint density at radius 2 is 2.11 bits per heavy atom. The van der Waals surface area contributed by atoms with Crippen LogP contribution in [0.5, 0.6) is 0 Å². The molecule has 0 saturated carbocycles. The molecule has 1 saturated heterocycles. The summed E-state index contributed by atoms with van der Waals surface area (Å²) >= 11 is 2.14. The van der Waals surface area contributed by atoms with Crippen LogP contribution in [-0.4, -0.2) is 35.0 Å². The van der Waals surface area contributed by atoms with E-state index in [0.717, 1.165) is 9.13 Å². The average molecular weight is 373 g/mol. The third-order valence-corrected chi connectivity index (χ3v) is 4.57. The first-order chi connectivity index (χ1) is 8.83. The molecule has 1 atom stereocenters. The Bertz CT molecular complexity index is 543. The number of aryl methyl sites for hydroxylation is 1. The number of amides is 1. The van der Waals surface area contributed by atoms with Gasteiger partial charge in [0.2, 0.25) is 0 Å². The Labute approximate surface area is 125 Å². The molecule has 1 unspecified atom stereocenters. The molecule has 0 spiro atoms. The van der Waals surface area contributed by atoms with Gasteiger partial charge in [-0.05, 0) is 55.0 Å². The van der Waals surface area contributed by atoms with Gasteiger partial charge in [0.1, 0.15) is 0 Å². The van der Waals surface area contributed by atoms with Crippen molar-refractivity contribution in [3.8, 4) is 0 Å². The summed E-state index contributed by atoms with van der Waals surface area (Å²) in [6, 6.07) is 5.74. The number of benzene rings is 1. The topological polar surface area (TPSA) is 57.6 Å². The van der Waals surface area contributed by atoms with Crippen molar-refractivity contribution in [1.82, 2.24) is 4.90 Å². The molecular weight excluding hydrogens is 357 g/mol. The number of hydrogen-bond acceptors (Lipinski definition) is 2. The minimum atomic E-state index is -0.832. The van der Waals surface area contributed by atoms with Crippen molar-refractivity contribution in [1.29, 1.82) is 0 Å². The fraction of sp³-hybridized carbons (Fsp3) is 0.429. The van der Waals surface area contributed by atoms with Crippen molar-refractivity contribution in [3.63, 3.8) is 0 Å². The molecule has 5 heteroatoms. The number of carboxylic acid groups (broad SMARTS) is 1. The van der Waals surface area contributed by atoms with E-state index in [0.29, 0.717) is 18.5 Å². The van der Waals surface area contributed by atoms with Gasteiger partial charge in [-0.2, -0.15) is 0 Å². The van der Waals surface area contributed by atoms with Crippen LogP contribution in [0.4, 0.5) is 0 Å². The maximum atomic E-state index is 12.5. The molecule has 1 amide bonds. The summed E-state index contributed by atoms with van der Waals surface area (Å²) in [6.07, 6.45) is 0.510. The van der Waals surface area contributed by atoms with Gasteiger partial charge in [-0.1, -0.05) is 11.6 Å². The molecular formula is C14H16INO3. The molecule has 0 radical (unpaired) electrons. The third kappa shape index (κ3) is 2.75. The third-order valence-electron chi connectivity index (χ3n) is 3.63. The fourth-order valence-electron chi connectivity index (χ4n) is 2.28. The van der Waals surface area contributed by atoms with Gasteiger partial charge in [-0.25, -0.2) is 0 Å². The Morgan fingerprint density at radius 1 is 1.42 bits per heavy atom. The summed E-state index contributed by atoms with van der Waals surface area (Å²) < 4.78 is 0.900. The molecule has 1 fully saturated rings. The molecule has 1 N–H and O–H groups in total. The predicted molar refractivity (Wildman–Crippen MR) is 80.2 cm³/mol. The van der Waals surface area contributed by atoms with Crippen LogP contribution < -0.4 is 0 Å². The van der Waals surface area contributed by atoms with Gasteiger partial charge in [0.25, 0.3) is 5.91 Å². The zero-order valence-electron chi connectivity index (χ0n) is 10.9. The summed E-state index contributed by atoms with van der Waals surface area (Å²) in [7, 11) is 0. The quantitative estimate of drug-likeness (QED) is 0.811. The van der Waals surface area contributed by atoms with E-state index < -0.39 is 11.4 Å². The van der Waals surface area contributed by atoms with Crippen molar-refractivity contribution in [3.05, 3.63) is 32.9 Å². The molecule has 1 aliphatic rings. The molecule has 0 bridgehead atoms. The van der Waals surface area contributed by atoms with E-state index in [9.17, 15) is 14.7 Å². The number of likely N-dealkylation sites (tertiary alicyclic amines) is 1. The van der Waals surface area contributed by atoms with Gasteiger partial charge in [-0.15, -0.1) is 0 Å². The largest absolute Gasteiger partial charge is 0.481 e. The molecule has 1 aromatic rings. The lowest BCUT2D eigenvalue weighted by molar-refractivity contribution is -0.147. The summed E-state index contributed by atoms with van der Waals surface area (Å²) in [6.45, 7) is 4.43. The lowest BCUT2D eigenvalue weighted by Crippen LogP contribution is -2.35. The van der Waals surface area contributed by atoms with Gasteiger partial charge in [0, 0.05) is 16.7 Å². The van der Waals surface area contributed by atoms with E-state index in [-0.39, 0.29) is 12.5 Å². The molecule has 0 aliphatic carbocycles. The number of carbonyl (C=O) groups excluding carboxylic acids is 1. The number of hydrogen-bond donors (Lipinski definition) is 1. The zero-order chi connectivity index (χ0) is 14.2. The van der Waals surface area contributed by atoms with Crippen LogP contribution in [0.25, 0.3) is 0 Å². The Balaban J connectivity index is 2.22. The standard InChI is InChI=1S/C14H16INO3/c1-9-3-4-11(15)10(7-9)12(17)16-6-5-14(2,8-16)13(18)19/h3-4,7H,5-6,8H2,1-2H3,(H,18,19). The lowest BCUT2D eigenvalue weighted by atomic mass is 9.90. The van der Waals surface area contributed by atoms with E-state index in [2.05, 4.69) is 22.6 Å². The van der Waals surface area contributed by atoms with Crippen LogP contribution in [-0.2, 0) is 4.79 Å². The first-order valence-corrected chi connectivity index (χ1v) is 7.20. The van der Waals surface area contributed by atoms with E-state index in [1.165, 1.54) is 0 Å². The summed E-state index contributed by atoms with van der Waals surface area (Å²) in [5.74, 6) is -0.903. The number of rotatable bonds is 2. The fourth-order valence-corrected chi connectivity index (χ4v) is 2.85. The summed E-state index contributed by atoms with van der Waals surface area (Å²) in [4.78, 5) is 25.3. The maximum absolute atomic E-state index is 12.5. The number of aliphatic carboxylic acids is 1. The van der Waals surface area contributed by atoms with Crippen molar-refractivity contribution in [2.75, 3.05) is 13.1 Å². The average Bonchev–Trinajstić information content (AvgIpc) is 2.76. The minimum Gasteiger partial charge on any atom is -0.481 e. The number of carbonyl (C=O) groups is 2. The van der Waals surface area contributed by atoms with Gasteiger partial charge in [0.05, 0.1) is 11.0 Å². The number of nitrogens with zero attached hydrogens (tertiary/aromatic N) is 1. The lowest BCUT2D eigenvalue weighted by Gasteiger charge is -2.20. The van der Waals surface area contributed by atoms with Crippen LogP contribution in [0.3, 0.4) is 0 Å². The van der Waals surface area contributed by atoms with E-state index in [4.69, 9.17) is 0 Å². The van der Waals surface area contributed by atoms with E-state index >= 15 is 0 Å². The van der Waals surface area contributed by atoms with Crippen LogP contribution in [0.1, 0.15) is 29.3 Å². The first kappa shape index (κ1) is 14.3. The SMILES string of the molecule is Cc1ccc(I)c(C(=O)N2CCC(C)(C(=O)O)C2)c1. The highest BCUT2D eigenvalue weighted by Crippen LogP contribution is 2.31. The Hall–Kier alpha value is -1.11. The molecule has 2 rings (SSSR count). The maximum Gasteiger partial charge on any atom is 0.311 e. The predicted octanol–water partition coefficient (Wildman–Crippen LogP) is 2.54. The van der Waals surface area contributed by atoms with Gasteiger partial charge >= 0.3 is 5.97 Å². The molecule has 4 nitrogen and oxygen atoms in total. The monoisotopic (exact) mass is 373 g/mol. The van der Waals surface area contributed by atoms with Crippen molar-refractivity contribution in [2.45, 2.75) is 20.3 Å². The van der Waals surface area contributed by atoms with Gasteiger partial charge < -0.3 is 10.0 Å². The second kappa shape index (κ2) is 5.11. The summed E-state index contributed by atoms with van der Waals surface area (Å²) in [5, 5.41) is 9.20. The molecule has 1 heterocycles. The molecule has 19 heavy (non-hydrogen) atoms.